The first-order valence-electron chi connectivity index (χ1n) is 7.13. The van der Waals surface area contributed by atoms with Crippen molar-refractivity contribution >= 4 is 10.8 Å². The highest BCUT2D eigenvalue weighted by atomic mass is 19.1. The van der Waals surface area contributed by atoms with E-state index >= 15 is 4.39 Å². The molecule has 2 heterocycles. The monoisotopic (exact) mass is 297 g/mol. The van der Waals surface area contributed by atoms with Crippen LogP contribution in [0.5, 0.6) is 0 Å². The summed E-state index contributed by atoms with van der Waals surface area (Å²) in [6.07, 6.45) is 2.98. The minimum absolute atomic E-state index is 0.0614. The van der Waals surface area contributed by atoms with Gasteiger partial charge in [0, 0.05) is 23.3 Å². The summed E-state index contributed by atoms with van der Waals surface area (Å²) in [6, 6.07) is 7.08. The number of fused-ring (bicyclic) bond motifs is 1. The SMILES string of the molecule is Cc1nccnc1-n1c(F)c(C(C)C)c2ccccc2c1=O. The highest BCUT2D eigenvalue weighted by molar-refractivity contribution is 5.85. The molecule has 0 aliphatic heterocycles. The summed E-state index contributed by atoms with van der Waals surface area (Å²) in [4.78, 5) is 21.0. The lowest BCUT2D eigenvalue weighted by molar-refractivity contribution is 0.519. The van der Waals surface area contributed by atoms with E-state index in [1.54, 1.807) is 25.1 Å². The molecule has 22 heavy (non-hydrogen) atoms. The van der Waals surface area contributed by atoms with Gasteiger partial charge in [0.25, 0.3) is 5.56 Å². The van der Waals surface area contributed by atoms with Crippen molar-refractivity contribution in [3.05, 3.63) is 64.2 Å². The maximum atomic E-state index is 15.1. The van der Waals surface area contributed by atoms with Gasteiger partial charge in [0.05, 0.1) is 5.69 Å². The van der Waals surface area contributed by atoms with Gasteiger partial charge in [-0.15, -0.1) is 0 Å². The third-order valence-electron chi connectivity index (χ3n) is 3.71. The molecule has 0 N–H and O–H groups in total. The molecule has 3 aromatic rings. The fraction of sp³-hybridized carbons (Fsp3) is 0.235. The maximum Gasteiger partial charge on any atom is 0.266 e. The van der Waals surface area contributed by atoms with Crippen molar-refractivity contribution in [2.75, 3.05) is 0 Å². The first kappa shape index (κ1) is 14.4. The Morgan fingerprint density at radius 3 is 2.36 bits per heavy atom. The van der Waals surface area contributed by atoms with Crippen LogP contribution in [-0.2, 0) is 0 Å². The Bertz CT molecular complexity index is 915. The van der Waals surface area contributed by atoms with Crippen LogP contribution in [0.15, 0.2) is 41.5 Å². The van der Waals surface area contributed by atoms with Crippen molar-refractivity contribution < 1.29 is 4.39 Å². The van der Waals surface area contributed by atoms with E-state index in [0.717, 1.165) is 4.57 Å². The smallest absolute Gasteiger partial charge is 0.266 e. The minimum atomic E-state index is -0.567. The van der Waals surface area contributed by atoms with Crippen molar-refractivity contribution in [1.82, 2.24) is 14.5 Å². The number of rotatable bonds is 2. The number of halogens is 1. The van der Waals surface area contributed by atoms with E-state index in [1.165, 1.54) is 12.4 Å². The topological polar surface area (TPSA) is 47.8 Å². The summed E-state index contributed by atoms with van der Waals surface area (Å²) in [5.41, 5.74) is 0.606. The molecule has 112 valence electrons. The summed E-state index contributed by atoms with van der Waals surface area (Å²) in [7, 11) is 0. The molecule has 0 spiro atoms. The van der Waals surface area contributed by atoms with Gasteiger partial charge in [0.1, 0.15) is 0 Å². The minimum Gasteiger partial charge on any atom is -0.268 e. The summed E-state index contributed by atoms with van der Waals surface area (Å²) in [5, 5.41) is 1.13. The Morgan fingerprint density at radius 1 is 1.09 bits per heavy atom. The van der Waals surface area contributed by atoms with Crippen LogP contribution < -0.4 is 5.56 Å². The fourth-order valence-corrected chi connectivity index (χ4v) is 2.70. The Balaban J connectivity index is 2.52. The summed E-state index contributed by atoms with van der Waals surface area (Å²) in [5.74, 6) is -0.395. The van der Waals surface area contributed by atoms with Crippen molar-refractivity contribution in [2.24, 2.45) is 0 Å². The van der Waals surface area contributed by atoms with E-state index in [0.29, 0.717) is 22.0 Å². The second-order valence-corrected chi connectivity index (χ2v) is 5.51. The molecule has 3 rings (SSSR count). The van der Waals surface area contributed by atoms with E-state index in [4.69, 9.17) is 0 Å². The number of hydrogen-bond acceptors (Lipinski definition) is 3. The van der Waals surface area contributed by atoms with Crippen LogP contribution in [0.2, 0.25) is 0 Å². The third kappa shape index (κ3) is 2.09. The number of nitrogens with zero attached hydrogens (tertiary/aromatic N) is 3. The van der Waals surface area contributed by atoms with Crippen LogP contribution in [0.1, 0.15) is 31.0 Å². The Kier molecular flexibility index (Phi) is 3.48. The van der Waals surface area contributed by atoms with Gasteiger partial charge < -0.3 is 0 Å². The molecule has 0 aliphatic carbocycles. The number of benzene rings is 1. The number of pyridine rings is 1. The Morgan fingerprint density at radius 2 is 1.73 bits per heavy atom. The Hall–Kier alpha value is -2.56. The maximum absolute atomic E-state index is 15.1. The zero-order valence-electron chi connectivity index (χ0n) is 12.7. The van der Waals surface area contributed by atoms with Crippen molar-refractivity contribution in [2.45, 2.75) is 26.7 Å². The first-order chi connectivity index (χ1) is 10.5. The molecule has 0 saturated heterocycles. The highest BCUT2D eigenvalue weighted by Gasteiger charge is 2.21. The van der Waals surface area contributed by atoms with Gasteiger partial charge in [-0.3, -0.25) is 9.78 Å². The lowest BCUT2D eigenvalue weighted by atomic mass is 9.98. The van der Waals surface area contributed by atoms with Crippen LogP contribution in [0.4, 0.5) is 4.39 Å². The molecule has 2 aromatic heterocycles. The van der Waals surface area contributed by atoms with E-state index in [2.05, 4.69) is 9.97 Å². The molecule has 0 atom stereocenters. The quantitative estimate of drug-likeness (QED) is 0.681. The van der Waals surface area contributed by atoms with Crippen LogP contribution in [0, 0.1) is 12.9 Å². The molecule has 0 fully saturated rings. The number of aryl methyl sites for hydroxylation is 1. The molecule has 0 bridgehead atoms. The molecular weight excluding hydrogens is 281 g/mol. The first-order valence-corrected chi connectivity index (χ1v) is 7.13. The van der Waals surface area contributed by atoms with Gasteiger partial charge in [0.2, 0.25) is 5.95 Å². The summed E-state index contributed by atoms with van der Waals surface area (Å²) < 4.78 is 16.1. The van der Waals surface area contributed by atoms with Gasteiger partial charge in [-0.05, 0) is 24.3 Å². The lowest BCUT2D eigenvalue weighted by Crippen LogP contribution is -2.25. The van der Waals surface area contributed by atoms with Gasteiger partial charge in [-0.1, -0.05) is 32.0 Å². The molecular formula is C17H16FN3O. The number of hydrogen-bond donors (Lipinski definition) is 0. The zero-order valence-corrected chi connectivity index (χ0v) is 12.7. The van der Waals surface area contributed by atoms with Crippen LogP contribution in [-0.4, -0.2) is 14.5 Å². The number of aromatic nitrogens is 3. The fourth-order valence-electron chi connectivity index (χ4n) is 2.70. The molecule has 4 nitrogen and oxygen atoms in total. The average Bonchev–Trinajstić information content (AvgIpc) is 2.49. The molecule has 0 radical (unpaired) electrons. The molecule has 0 saturated carbocycles. The Labute approximate surface area is 127 Å². The normalized spacial score (nSPS) is 11.3. The molecule has 0 unspecified atom stereocenters. The largest absolute Gasteiger partial charge is 0.268 e. The standard InChI is InChI=1S/C17H16FN3O/c1-10(2)14-12-6-4-5-7-13(12)17(22)21(15(14)18)16-11(3)19-8-9-20-16/h4-10H,1-3H3. The predicted octanol–water partition coefficient (Wildman–Crippen LogP) is 3.35. The second-order valence-electron chi connectivity index (χ2n) is 5.51. The molecule has 5 heteroatoms. The van der Waals surface area contributed by atoms with Crippen LogP contribution in [0.3, 0.4) is 0 Å². The second kappa shape index (κ2) is 5.33. The average molecular weight is 297 g/mol. The van der Waals surface area contributed by atoms with Gasteiger partial charge in [-0.2, -0.15) is 4.39 Å². The summed E-state index contributed by atoms with van der Waals surface area (Å²) in [6.45, 7) is 5.52. The summed E-state index contributed by atoms with van der Waals surface area (Å²) >= 11 is 0. The molecule has 1 aromatic carbocycles. The third-order valence-corrected chi connectivity index (χ3v) is 3.71. The van der Waals surface area contributed by atoms with Crippen LogP contribution >= 0.6 is 0 Å². The van der Waals surface area contributed by atoms with E-state index in [1.807, 2.05) is 19.9 Å². The molecule has 0 aliphatic rings. The highest BCUT2D eigenvalue weighted by Crippen LogP contribution is 2.27. The van der Waals surface area contributed by atoms with E-state index in [9.17, 15) is 4.79 Å². The van der Waals surface area contributed by atoms with Crippen LogP contribution in [0.25, 0.3) is 16.6 Å². The van der Waals surface area contributed by atoms with Gasteiger partial charge in [-0.25, -0.2) is 9.55 Å². The predicted molar refractivity (Wildman–Crippen MR) is 83.9 cm³/mol. The van der Waals surface area contributed by atoms with Crippen molar-refractivity contribution in [3.63, 3.8) is 0 Å². The van der Waals surface area contributed by atoms with Crippen molar-refractivity contribution in [1.29, 1.82) is 0 Å². The van der Waals surface area contributed by atoms with Gasteiger partial charge in [0.15, 0.2) is 5.82 Å². The van der Waals surface area contributed by atoms with E-state index < -0.39 is 11.5 Å². The molecule has 0 amide bonds. The van der Waals surface area contributed by atoms with Crippen molar-refractivity contribution in [3.8, 4) is 5.82 Å². The lowest BCUT2D eigenvalue weighted by Gasteiger charge is -2.16. The zero-order chi connectivity index (χ0) is 15.9. The van der Waals surface area contributed by atoms with E-state index in [-0.39, 0.29) is 11.7 Å². The van der Waals surface area contributed by atoms with Gasteiger partial charge >= 0.3 is 0 Å².